The van der Waals surface area contributed by atoms with Gasteiger partial charge >= 0.3 is 0 Å². The zero-order chi connectivity index (χ0) is 17.2. The van der Waals surface area contributed by atoms with E-state index in [4.69, 9.17) is 0 Å². The third-order valence-electron chi connectivity index (χ3n) is 6.24. The summed E-state index contributed by atoms with van der Waals surface area (Å²) in [5.74, 6) is 0.852. The van der Waals surface area contributed by atoms with E-state index in [1.807, 2.05) is 17.0 Å². The highest BCUT2D eigenvalue weighted by atomic mass is 16.3. The Kier molecular flexibility index (Phi) is 5.29. The van der Waals surface area contributed by atoms with E-state index in [1.165, 1.54) is 18.4 Å². The minimum atomic E-state index is -0.568. The summed E-state index contributed by atoms with van der Waals surface area (Å²) in [4.78, 5) is 14.8. The van der Waals surface area contributed by atoms with Gasteiger partial charge in [0.05, 0.1) is 5.60 Å². The number of carbonyl (C=O) groups is 1. The molecule has 24 heavy (non-hydrogen) atoms. The second kappa shape index (κ2) is 7.26. The van der Waals surface area contributed by atoms with Gasteiger partial charge in [-0.3, -0.25) is 4.79 Å². The van der Waals surface area contributed by atoms with Crippen LogP contribution in [-0.4, -0.2) is 34.6 Å². The lowest BCUT2D eigenvalue weighted by molar-refractivity contribution is -0.0609. The van der Waals surface area contributed by atoms with Crippen LogP contribution in [0.4, 0.5) is 0 Å². The van der Waals surface area contributed by atoms with Crippen molar-refractivity contribution in [3.63, 3.8) is 0 Å². The maximum Gasteiger partial charge on any atom is 0.253 e. The molecule has 1 heterocycles. The summed E-state index contributed by atoms with van der Waals surface area (Å²) in [6.07, 6.45) is 7.38. The molecule has 1 N–H and O–H groups in total. The van der Waals surface area contributed by atoms with Gasteiger partial charge in [-0.1, -0.05) is 38.8 Å². The Morgan fingerprint density at radius 1 is 1.25 bits per heavy atom. The number of hydrogen-bond acceptors (Lipinski definition) is 2. The van der Waals surface area contributed by atoms with Crippen molar-refractivity contribution in [3.8, 4) is 0 Å². The molecule has 3 rings (SSSR count). The summed E-state index contributed by atoms with van der Waals surface area (Å²) in [7, 11) is 0. The van der Waals surface area contributed by atoms with Gasteiger partial charge in [0, 0.05) is 24.6 Å². The van der Waals surface area contributed by atoms with Gasteiger partial charge in [-0.2, -0.15) is 0 Å². The van der Waals surface area contributed by atoms with Gasteiger partial charge in [0.1, 0.15) is 0 Å². The molecule has 2 fully saturated rings. The predicted octanol–water partition coefficient (Wildman–Crippen LogP) is 4.04. The molecule has 2 aliphatic rings. The van der Waals surface area contributed by atoms with E-state index < -0.39 is 5.60 Å². The van der Waals surface area contributed by atoms with Crippen molar-refractivity contribution in [2.45, 2.75) is 64.4 Å². The lowest BCUT2D eigenvalue weighted by Crippen LogP contribution is -2.44. The van der Waals surface area contributed by atoms with Crippen molar-refractivity contribution < 1.29 is 9.90 Å². The molecular formula is C21H31NO2. The van der Waals surface area contributed by atoms with Gasteiger partial charge in [-0.05, 0) is 55.7 Å². The van der Waals surface area contributed by atoms with Crippen LogP contribution in [0.3, 0.4) is 0 Å². The van der Waals surface area contributed by atoms with Gasteiger partial charge in [-0.15, -0.1) is 0 Å². The molecule has 1 aliphatic carbocycles. The van der Waals surface area contributed by atoms with Gasteiger partial charge < -0.3 is 10.0 Å². The van der Waals surface area contributed by atoms with Gasteiger partial charge in [0.2, 0.25) is 0 Å². The largest absolute Gasteiger partial charge is 0.390 e. The minimum absolute atomic E-state index is 0.130. The predicted molar refractivity (Wildman–Crippen MR) is 97.0 cm³/mol. The number of aryl methyl sites for hydroxylation is 1. The van der Waals surface area contributed by atoms with E-state index in [-0.39, 0.29) is 11.8 Å². The topological polar surface area (TPSA) is 40.5 Å². The molecule has 0 bridgehead atoms. The SMILES string of the molecule is CCCCc1ccc(C(=O)N2C[C@@H]3CCC[C@@](O)(CC)[C@@H]3C2)cc1. The Balaban J connectivity index is 1.68. The molecule has 3 nitrogen and oxygen atoms in total. The van der Waals surface area contributed by atoms with Crippen LogP contribution in [-0.2, 0) is 6.42 Å². The number of nitrogens with zero attached hydrogens (tertiary/aromatic N) is 1. The first-order chi connectivity index (χ1) is 11.6. The molecule has 0 aromatic heterocycles. The molecule has 0 spiro atoms. The lowest BCUT2D eigenvalue weighted by atomic mass is 9.69. The number of rotatable bonds is 5. The molecule has 3 atom stereocenters. The van der Waals surface area contributed by atoms with E-state index in [0.29, 0.717) is 12.5 Å². The Morgan fingerprint density at radius 2 is 2.00 bits per heavy atom. The quantitative estimate of drug-likeness (QED) is 0.885. The molecule has 1 saturated heterocycles. The number of amides is 1. The zero-order valence-electron chi connectivity index (χ0n) is 15.1. The van der Waals surface area contributed by atoms with E-state index in [1.54, 1.807) is 0 Å². The normalized spacial score (nSPS) is 29.5. The third kappa shape index (κ3) is 3.37. The van der Waals surface area contributed by atoms with Crippen molar-refractivity contribution >= 4 is 5.91 Å². The Labute approximate surface area is 146 Å². The highest BCUT2D eigenvalue weighted by Gasteiger charge is 2.48. The highest BCUT2D eigenvalue weighted by molar-refractivity contribution is 5.94. The number of fused-ring (bicyclic) bond motifs is 1. The van der Waals surface area contributed by atoms with Crippen LogP contribution in [0.1, 0.15) is 68.3 Å². The Hall–Kier alpha value is -1.35. The van der Waals surface area contributed by atoms with Crippen LogP contribution in [0.15, 0.2) is 24.3 Å². The fourth-order valence-electron chi connectivity index (χ4n) is 4.61. The van der Waals surface area contributed by atoms with Crippen molar-refractivity contribution in [3.05, 3.63) is 35.4 Å². The molecule has 0 unspecified atom stereocenters. The second-order valence-electron chi connectivity index (χ2n) is 7.73. The Morgan fingerprint density at radius 3 is 2.67 bits per heavy atom. The average Bonchev–Trinajstić information content (AvgIpc) is 3.06. The molecule has 1 aliphatic heterocycles. The number of hydrogen-bond donors (Lipinski definition) is 1. The van der Waals surface area contributed by atoms with Crippen LogP contribution < -0.4 is 0 Å². The third-order valence-corrected chi connectivity index (χ3v) is 6.24. The number of likely N-dealkylation sites (tertiary alicyclic amines) is 1. The fraction of sp³-hybridized carbons (Fsp3) is 0.667. The van der Waals surface area contributed by atoms with Gasteiger partial charge in [-0.25, -0.2) is 0 Å². The van der Waals surface area contributed by atoms with Crippen molar-refractivity contribution in [1.82, 2.24) is 4.90 Å². The number of carbonyl (C=O) groups excluding carboxylic acids is 1. The molecule has 0 radical (unpaired) electrons. The molecule has 3 heteroatoms. The summed E-state index contributed by atoms with van der Waals surface area (Å²) in [6.45, 7) is 5.79. The summed E-state index contributed by atoms with van der Waals surface area (Å²) in [5, 5.41) is 10.9. The molecule has 1 aromatic carbocycles. The van der Waals surface area contributed by atoms with E-state index in [9.17, 15) is 9.90 Å². The Bertz CT molecular complexity index is 568. The highest BCUT2D eigenvalue weighted by Crippen LogP contribution is 2.44. The first-order valence-corrected chi connectivity index (χ1v) is 9.68. The lowest BCUT2D eigenvalue weighted by Gasteiger charge is -2.40. The molecule has 1 amide bonds. The van der Waals surface area contributed by atoms with Crippen LogP contribution >= 0.6 is 0 Å². The summed E-state index contributed by atoms with van der Waals surface area (Å²) in [5.41, 5.74) is 1.53. The summed E-state index contributed by atoms with van der Waals surface area (Å²) >= 11 is 0. The van der Waals surface area contributed by atoms with Crippen LogP contribution in [0.25, 0.3) is 0 Å². The van der Waals surface area contributed by atoms with Crippen molar-refractivity contribution in [2.75, 3.05) is 13.1 Å². The second-order valence-corrected chi connectivity index (χ2v) is 7.73. The van der Waals surface area contributed by atoms with Gasteiger partial charge in [0.25, 0.3) is 5.91 Å². The summed E-state index contributed by atoms with van der Waals surface area (Å²) in [6, 6.07) is 8.13. The first kappa shape index (κ1) is 17.5. The van der Waals surface area contributed by atoms with E-state index in [0.717, 1.165) is 44.2 Å². The standard InChI is InChI=1S/C21H31NO2/c1-3-5-7-16-9-11-17(12-10-16)20(23)22-14-18-8-6-13-21(24,4-2)19(18)15-22/h9-12,18-19,24H,3-8,13-15H2,1-2H3/t18-,19+,21-/m0/s1. The number of benzene rings is 1. The average molecular weight is 329 g/mol. The molecule has 1 saturated carbocycles. The van der Waals surface area contributed by atoms with E-state index >= 15 is 0 Å². The van der Waals surface area contributed by atoms with Crippen molar-refractivity contribution in [1.29, 1.82) is 0 Å². The maximum absolute atomic E-state index is 12.9. The molecule has 132 valence electrons. The maximum atomic E-state index is 12.9. The van der Waals surface area contributed by atoms with Crippen LogP contribution in [0.2, 0.25) is 0 Å². The monoisotopic (exact) mass is 329 g/mol. The van der Waals surface area contributed by atoms with Crippen LogP contribution in [0, 0.1) is 11.8 Å². The van der Waals surface area contributed by atoms with Gasteiger partial charge in [0.15, 0.2) is 0 Å². The zero-order valence-corrected chi connectivity index (χ0v) is 15.1. The fourth-order valence-corrected chi connectivity index (χ4v) is 4.61. The smallest absolute Gasteiger partial charge is 0.253 e. The van der Waals surface area contributed by atoms with Crippen molar-refractivity contribution in [2.24, 2.45) is 11.8 Å². The molecule has 1 aromatic rings. The summed E-state index contributed by atoms with van der Waals surface area (Å²) < 4.78 is 0. The first-order valence-electron chi connectivity index (χ1n) is 9.68. The van der Waals surface area contributed by atoms with Crippen LogP contribution in [0.5, 0.6) is 0 Å². The molecular weight excluding hydrogens is 298 g/mol. The number of unbranched alkanes of at least 4 members (excludes halogenated alkanes) is 1. The number of aliphatic hydroxyl groups is 1. The van der Waals surface area contributed by atoms with E-state index in [2.05, 4.69) is 26.0 Å². The minimum Gasteiger partial charge on any atom is -0.390 e.